The molecule has 0 saturated heterocycles. The van der Waals surface area contributed by atoms with Gasteiger partial charge in [-0.3, -0.25) is 4.79 Å². The van der Waals surface area contributed by atoms with Gasteiger partial charge in [-0.25, -0.2) is 0 Å². The number of carbonyl (C=O) groups is 1. The van der Waals surface area contributed by atoms with Gasteiger partial charge in [0.05, 0.1) is 0 Å². The van der Waals surface area contributed by atoms with Crippen molar-refractivity contribution in [2.45, 2.75) is 24.8 Å². The van der Waals surface area contributed by atoms with Crippen LogP contribution in [0.4, 0.5) is 0 Å². The second-order valence-electron chi connectivity index (χ2n) is 3.33. The first-order chi connectivity index (χ1) is 4.53. The predicted molar refractivity (Wildman–Crippen MR) is 39.5 cm³/mol. The number of amides is 1. The monoisotopic (exact) mass is 142 g/mol. The summed E-state index contributed by atoms with van der Waals surface area (Å²) in [5.41, 5.74) is 5.60. The molecule has 1 fully saturated rings. The lowest BCUT2D eigenvalue weighted by atomic mass is 10.2. The Kier molecular flexibility index (Phi) is 1.68. The van der Waals surface area contributed by atoms with Crippen molar-refractivity contribution in [2.75, 3.05) is 14.1 Å². The number of nitrogens with two attached hydrogens (primary N) is 1. The van der Waals surface area contributed by atoms with E-state index in [1.165, 1.54) is 0 Å². The fraction of sp³-hybridized carbons (Fsp3) is 0.857. The van der Waals surface area contributed by atoms with E-state index in [0.29, 0.717) is 6.42 Å². The minimum Gasteiger partial charge on any atom is -0.349 e. The van der Waals surface area contributed by atoms with Crippen LogP contribution in [0, 0.1) is 0 Å². The molecule has 1 saturated carbocycles. The Balaban J connectivity index is 2.31. The highest BCUT2D eigenvalue weighted by Gasteiger charge is 2.40. The molecule has 3 heteroatoms. The van der Waals surface area contributed by atoms with E-state index in [4.69, 9.17) is 5.73 Å². The van der Waals surface area contributed by atoms with Crippen molar-refractivity contribution in [3.8, 4) is 0 Å². The van der Waals surface area contributed by atoms with Gasteiger partial charge in [0.15, 0.2) is 0 Å². The van der Waals surface area contributed by atoms with E-state index in [0.717, 1.165) is 12.8 Å². The fourth-order valence-electron chi connectivity index (χ4n) is 0.797. The molecule has 0 radical (unpaired) electrons. The van der Waals surface area contributed by atoms with Gasteiger partial charge in [-0.15, -0.1) is 0 Å². The lowest BCUT2D eigenvalue weighted by Crippen LogP contribution is -2.32. The molecule has 1 aliphatic rings. The molecule has 10 heavy (non-hydrogen) atoms. The molecule has 1 aliphatic carbocycles. The van der Waals surface area contributed by atoms with Crippen LogP contribution in [-0.2, 0) is 4.79 Å². The molecular weight excluding hydrogens is 128 g/mol. The van der Waals surface area contributed by atoms with Crippen LogP contribution in [-0.4, -0.2) is 30.4 Å². The Morgan fingerprint density at radius 2 is 2.10 bits per heavy atom. The molecule has 0 aromatic rings. The molecule has 0 unspecified atom stereocenters. The van der Waals surface area contributed by atoms with Crippen molar-refractivity contribution >= 4 is 5.91 Å². The zero-order valence-electron chi connectivity index (χ0n) is 6.55. The standard InChI is InChI=1S/C7H14N2O/c1-9(2)6(10)5-7(8)3-4-7/h3-5,8H2,1-2H3. The molecule has 0 heterocycles. The largest absolute Gasteiger partial charge is 0.349 e. The highest BCUT2D eigenvalue weighted by Crippen LogP contribution is 2.35. The maximum absolute atomic E-state index is 11.0. The van der Waals surface area contributed by atoms with Crippen LogP contribution < -0.4 is 5.73 Å². The fourth-order valence-corrected chi connectivity index (χ4v) is 0.797. The van der Waals surface area contributed by atoms with E-state index in [1.807, 2.05) is 0 Å². The normalized spacial score (nSPS) is 20.3. The van der Waals surface area contributed by atoms with Gasteiger partial charge < -0.3 is 10.6 Å². The Hall–Kier alpha value is -0.570. The van der Waals surface area contributed by atoms with Crippen molar-refractivity contribution in [1.29, 1.82) is 0 Å². The average molecular weight is 142 g/mol. The zero-order valence-corrected chi connectivity index (χ0v) is 6.55. The van der Waals surface area contributed by atoms with Crippen molar-refractivity contribution in [2.24, 2.45) is 5.73 Å². The molecule has 0 aromatic carbocycles. The first-order valence-corrected chi connectivity index (χ1v) is 3.53. The van der Waals surface area contributed by atoms with Gasteiger partial charge >= 0.3 is 0 Å². The van der Waals surface area contributed by atoms with Gasteiger partial charge in [-0.2, -0.15) is 0 Å². The summed E-state index contributed by atoms with van der Waals surface area (Å²) in [6.45, 7) is 0. The Bertz CT molecular complexity index is 150. The molecule has 58 valence electrons. The quantitative estimate of drug-likeness (QED) is 0.588. The van der Waals surface area contributed by atoms with E-state index in [9.17, 15) is 4.79 Å². The molecule has 0 bridgehead atoms. The van der Waals surface area contributed by atoms with Gasteiger partial charge in [-0.1, -0.05) is 0 Å². The van der Waals surface area contributed by atoms with E-state index in [1.54, 1.807) is 19.0 Å². The van der Waals surface area contributed by atoms with E-state index in [-0.39, 0.29) is 11.4 Å². The van der Waals surface area contributed by atoms with Gasteiger partial charge in [0.1, 0.15) is 0 Å². The van der Waals surface area contributed by atoms with Crippen LogP contribution in [0.5, 0.6) is 0 Å². The second kappa shape index (κ2) is 2.23. The summed E-state index contributed by atoms with van der Waals surface area (Å²) in [5.74, 6) is 0.139. The van der Waals surface area contributed by atoms with Crippen LogP contribution in [0.3, 0.4) is 0 Å². The van der Waals surface area contributed by atoms with Gasteiger partial charge in [-0.05, 0) is 12.8 Å². The minimum atomic E-state index is -0.138. The molecule has 1 amide bonds. The van der Waals surface area contributed by atoms with Crippen LogP contribution in [0.1, 0.15) is 19.3 Å². The topological polar surface area (TPSA) is 46.3 Å². The third-order valence-electron chi connectivity index (χ3n) is 1.89. The highest BCUT2D eigenvalue weighted by atomic mass is 16.2. The Morgan fingerprint density at radius 3 is 2.40 bits per heavy atom. The molecule has 0 aromatic heterocycles. The predicted octanol–water partition coefficient (Wildman–Crippen LogP) is -0.0440. The molecule has 2 N–H and O–H groups in total. The first-order valence-electron chi connectivity index (χ1n) is 3.53. The summed E-state index contributed by atoms with van der Waals surface area (Å²) < 4.78 is 0. The highest BCUT2D eigenvalue weighted by molar-refractivity contribution is 5.77. The van der Waals surface area contributed by atoms with E-state index < -0.39 is 0 Å². The van der Waals surface area contributed by atoms with Crippen molar-refractivity contribution in [3.05, 3.63) is 0 Å². The lowest BCUT2D eigenvalue weighted by molar-refractivity contribution is -0.129. The van der Waals surface area contributed by atoms with Crippen LogP contribution >= 0.6 is 0 Å². The van der Waals surface area contributed by atoms with Crippen molar-refractivity contribution < 1.29 is 4.79 Å². The third-order valence-corrected chi connectivity index (χ3v) is 1.89. The summed E-state index contributed by atoms with van der Waals surface area (Å²) in [6.07, 6.45) is 2.53. The minimum absolute atomic E-state index is 0.138. The Morgan fingerprint density at radius 1 is 1.60 bits per heavy atom. The zero-order chi connectivity index (χ0) is 7.78. The summed E-state index contributed by atoms with van der Waals surface area (Å²) in [6, 6.07) is 0. The van der Waals surface area contributed by atoms with Gasteiger partial charge in [0.2, 0.25) is 5.91 Å². The summed E-state index contributed by atoms with van der Waals surface area (Å²) in [5, 5.41) is 0. The number of hydrogen-bond donors (Lipinski definition) is 1. The van der Waals surface area contributed by atoms with Crippen LogP contribution in [0.15, 0.2) is 0 Å². The van der Waals surface area contributed by atoms with Crippen molar-refractivity contribution in [1.82, 2.24) is 4.90 Å². The third kappa shape index (κ3) is 1.70. The maximum atomic E-state index is 11.0. The van der Waals surface area contributed by atoms with Crippen LogP contribution in [0.2, 0.25) is 0 Å². The molecule has 0 atom stereocenters. The number of nitrogens with zero attached hydrogens (tertiary/aromatic N) is 1. The lowest BCUT2D eigenvalue weighted by Gasteiger charge is -2.13. The second-order valence-corrected chi connectivity index (χ2v) is 3.33. The maximum Gasteiger partial charge on any atom is 0.223 e. The van der Waals surface area contributed by atoms with E-state index in [2.05, 4.69) is 0 Å². The number of hydrogen-bond acceptors (Lipinski definition) is 2. The van der Waals surface area contributed by atoms with Gasteiger partial charge in [0, 0.05) is 26.1 Å². The van der Waals surface area contributed by atoms with Crippen molar-refractivity contribution in [3.63, 3.8) is 0 Å². The molecule has 3 nitrogen and oxygen atoms in total. The first kappa shape index (κ1) is 7.54. The van der Waals surface area contributed by atoms with E-state index >= 15 is 0 Å². The average Bonchev–Trinajstić information content (AvgIpc) is 2.47. The molecule has 1 rings (SSSR count). The summed E-state index contributed by atoms with van der Waals surface area (Å²) in [4.78, 5) is 12.6. The number of rotatable bonds is 2. The van der Waals surface area contributed by atoms with Gasteiger partial charge in [0.25, 0.3) is 0 Å². The molecule has 0 aliphatic heterocycles. The Labute approximate surface area is 61.2 Å². The SMILES string of the molecule is CN(C)C(=O)CC1(N)CC1. The van der Waals surface area contributed by atoms with Crippen LogP contribution in [0.25, 0.3) is 0 Å². The molecule has 0 spiro atoms. The summed E-state index contributed by atoms with van der Waals surface area (Å²) in [7, 11) is 3.52. The molecular formula is C7H14N2O. The number of carbonyl (C=O) groups excluding carboxylic acids is 1. The smallest absolute Gasteiger partial charge is 0.223 e. The summed E-state index contributed by atoms with van der Waals surface area (Å²) >= 11 is 0.